The van der Waals surface area contributed by atoms with E-state index >= 15 is 0 Å². The topological polar surface area (TPSA) is 72.3 Å². The van der Waals surface area contributed by atoms with Crippen LogP contribution in [-0.2, 0) is 0 Å². The molecule has 32 heavy (non-hydrogen) atoms. The number of rotatable bonds is 11. The molecule has 6 unspecified atom stereocenters. The van der Waals surface area contributed by atoms with E-state index in [1.54, 1.807) is 0 Å². The molecule has 3 fully saturated rings. The molecule has 3 rings (SSSR count). The van der Waals surface area contributed by atoms with Gasteiger partial charge in [0.2, 0.25) is 0 Å². The van der Waals surface area contributed by atoms with E-state index in [0.717, 1.165) is 11.8 Å². The molecule has 3 aliphatic carbocycles. The van der Waals surface area contributed by atoms with E-state index < -0.39 is 6.23 Å². The van der Waals surface area contributed by atoms with E-state index in [1.165, 1.54) is 103 Å². The Morgan fingerprint density at radius 1 is 0.938 bits per heavy atom. The van der Waals surface area contributed by atoms with Gasteiger partial charge in [0.05, 0.1) is 0 Å². The molecule has 0 bridgehead atoms. The van der Waals surface area contributed by atoms with Gasteiger partial charge in [-0.15, -0.1) is 0 Å². The summed E-state index contributed by atoms with van der Waals surface area (Å²) in [7, 11) is 0. The van der Waals surface area contributed by atoms with Crippen molar-refractivity contribution in [2.45, 2.75) is 143 Å². The van der Waals surface area contributed by atoms with Crippen LogP contribution in [0.15, 0.2) is 0 Å². The maximum Gasteiger partial charge on any atom is 0.107 e. The number of nitrogens with two attached hydrogens (primary N) is 2. The van der Waals surface area contributed by atoms with Crippen LogP contribution in [0.25, 0.3) is 0 Å². The van der Waals surface area contributed by atoms with Gasteiger partial charge in [0.15, 0.2) is 0 Å². The molecular formula is C29H56N2O. The molecule has 0 amide bonds. The van der Waals surface area contributed by atoms with Crippen LogP contribution in [0.5, 0.6) is 0 Å². The highest BCUT2D eigenvalue weighted by Gasteiger charge is 2.42. The summed E-state index contributed by atoms with van der Waals surface area (Å²) in [6.07, 6.45) is 20.5. The molecule has 0 aromatic heterocycles. The zero-order valence-corrected chi connectivity index (χ0v) is 22.0. The molecule has 0 aliphatic heterocycles. The second kappa shape index (κ2) is 11.5. The molecule has 0 radical (unpaired) electrons. The minimum Gasteiger partial charge on any atom is -0.378 e. The Kier molecular flexibility index (Phi) is 9.55. The first-order valence-corrected chi connectivity index (χ1v) is 14.4. The predicted molar refractivity (Wildman–Crippen MR) is 137 cm³/mol. The summed E-state index contributed by atoms with van der Waals surface area (Å²) >= 11 is 0. The van der Waals surface area contributed by atoms with Crippen molar-refractivity contribution in [2.75, 3.05) is 0 Å². The monoisotopic (exact) mass is 448 g/mol. The summed E-state index contributed by atoms with van der Waals surface area (Å²) in [4.78, 5) is 0. The molecule has 7 atom stereocenters. The van der Waals surface area contributed by atoms with Crippen LogP contribution in [0.4, 0.5) is 0 Å². The van der Waals surface area contributed by atoms with Crippen molar-refractivity contribution < 1.29 is 5.11 Å². The smallest absolute Gasteiger partial charge is 0.107 e. The molecule has 0 spiro atoms. The third-order valence-electron chi connectivity index (χ3n) is 10.9. The van der Waals surface area contributed by atoms with E-state index in [4.69, 9.17) is 11.5 Å². The fourth-order valence-corrected chi connectivity index (χ4v) is 8.13. The van der Waals surface area contributed by atoms with Gasteiger partial charge in [0.25, 0.3) is 0 Å². The number of aliphatic hydroxyl groups excluding tert-OH is 1. The quantitative estimate of drug-likeness (QED) is 0.235. The van der Waals surface area contributed by atoms with Gasteiger partial charge >= 0.3 is 0 Å². The van der Waals surface area contributed by atoms with E-state index in [1.807, 2.05) is 0 Å². The molecule has 3 aliphatic rings. The van der Waals surface area contributed by atoms with Crippen LogP contribution < -0.4 is 11.5 Å². The summed E-state index contributed by atoms with van der Waals surface area (Å²) in [5.41, 5.74) is 14.1. The second-order valence-electron chi connectivity index (χ2n) is 13.0. The highest BCUT2D eigenvalue weighted by atomic mass is 16.3. The average molecular weight is 449 g/mol. The standard InChI is InChI=1S/C29H56N2O/c1-5-17-28(3,24-13-8-14-24)19-15-21(2)26(30)25(27(31)32)22-10-9-18-29(4,20-16-22)23-11-6-7-12-23/h21-27,32H,5-20,30-31H2,1-4H3/t21?,22?,25?,26?,27?,28-,29?/m1/s1. The fraction of sp³-hybridized carbons (Fsp3) is 1.00. The van der Waals surface area contributed by atoms with Gasteiger partial charge in [0, 0.05) is 12.0 Å². The van der Waals surface area contributed by atoms with Crippen LogP contribution in [0.1, 0.15) is 130 Å². The zero-order chi connectivity index (χ0) is 23.4. The van der Waals surface area contributed by atoms with E-state index in [-0.39, 0.29) is 12.0 Å². The first kappa shape index (κ1) is 26.5. The van der Waals surface area contributed by atoms with Gasteiger partial charge in [-0.05, 0) is 105 Å². The van der Waals surface area contributed by atoms with Crippen molar-refractivity contribution in [1.82, 2.24) is 0 Å². The van der Waals surface area contributed by atoms with Crippen molar-refractivity contribution in [2.24, 2.45) is 51.9 Å². The minimum absolute atomic E-state index is 0.00287. The van der Waals surface area contributed by atoms with Crippen LogP contribution in [-0.4, -0.2) is 17.4 Å². The largest absolute Gasteiger partial charge is 0.378 e. The second-order valence-corrected chi connectivity index (χ2v) is 13.0. The highest BCUT2D eigenvalue weighted by molar-refractivity contribution is 4.94. The molecular weight excluding hydrogens is 392 g/mol. The molecule has 0 aromatic rings. The summed E-state index contributed by atoms with van der Waals surface area (Å²) < 4.78 is 0. The Morgan fingerprint density at radius 3 is 2.19 bits per heavy atom. The lowest BCUT2D eigenvalue weighted by atomic mass is 9.61. The maximum absolute atomic E-state index is 10.7. The summed E-state index contributed by atoms with van der Waals surface area (Å²) in [6, 6.07) is 0.00287. The molecule has 0 heterocycles. The first-order valence-electron chi connectivity index (χ1n) is 14.4. The third kappa shape index (κ3) is 6.11. The van der Waals surface area contributed by atoms with E-state index in [9.17, 15) is 5.11 Å². The Bertz CT molecular complexity index is 555. The van der Waals surface area contributed by atoms with Gasteiger partial charge in [-0.2, -0.15) is 0 Å². The van der Waals surface area contributed by atoms with Crippen LogP contribution >= 0.6 is 0 Å². The number of aliphatic hydroxyl groups is 1. The normalized spacial score (nSPS) is 33.7. The van der Waals surface area contributed by atoms with E-state index in [2.05, 4.69) is 27.7 Å². The van der Waals surface area contributed by atoms with Crippen LogP contribution in [0.3, 0.4) is 0 Å². The summed E-state index contributed by atoms with van der Waals surface area (Å²) in [5.74, 6) is 2.76. The first-order chi connectivity index (χ1) is 15.2. The van der Waals surface area contributed by atoms with Gasteiger partial charge in [-0.1, -0.05) is 59.8 Å². The lowest BCUT2D eigenvalue weighted by Crippen LogP contribution is -2.49. The SMILES string of the molecule is CCC[C@](C)(CCC(C)C(N)C(C(N)O)C1CCCC(C)(C2CCCC2)CC1)C1CCC1. The molecule has 188 valence electrons. The lowest BCUT2D eigenvalue weighted by Gasteiger charge is -2.44. The summed E-state index contributed by atoms with van der Waals surface area (Å²) in [5, 5.41) is 10.7. The predicted octanol–water partition coefficient (Wildman–Crippen LogP) is 7.01. The molecule has 3 saturated carbocycles. The van der Waals surface area contributed by atoms with Gasteiger partial charge in [0.1, 0.15) is 6.23 Å². The molecule has 3 heteroatoms. The van der Waals surface area contributed by atoms with Gasteiger partial charge in [-0.3, -0.25) is 0 Å². The summed E-state index contributed by atoms with van der Waals surface area (Å²) in [6.45, 7) is 9.74. The Balaban J connectivity index is 1.60. The Hall–Kier alpha value is -0.120. The maximum atomic E-state index is 10.7. The van der Waals surface area contributed by atoms with Gasteiger partial charge in [-0.25, -0.2) is 0 Å². The van der Waals surface area contributed by atoms with Crippen LogP contribution in [0, 0.1) is 40.4 Å². The van der Waals surface area contributed by atoms with Crippen molar-refractivity contribution in [3.8, 4) is 0 Å². The molecule has 5 N–H and O–H groups in total. The minimum atomic E-state index is -0.790. The zero-order valence-electron chi connectivity index (χ0n) is 22.0. The number of hydrogen-bond donors (Lipinski definition) is 3. The molecule has 0 saturated heterocycles. The van der Waals surface area contributed by atoms with Crippen molar-refractivity contribution in [1.29, 1.82) is 0 Å². The molecule has 3 nitrogen and oxygen atoms in total. The van der Waals surface area contributed by atoms with Crippen molar-refractivity contribution in [3.05, 3.63) is 0 Å². The van der Waals surface area contributed by atoms with Gasteiger partial charge < -0.3 is 16.6 Å². The van der Waals surface area contributed by atoms with Crippen LogP contribution in [0.2, 0.25) is 0 Å². The Labute approximate surface area is 199 Å². The van der Waals surface area contributed by atoms with Crippen molar-refractivity contribution in [3.63, 3.8) is 0 Å². The highest BCUT2D eigenvalue weighted by Crippen LogP contribution is 2.51. The number of hydrogen-bond acceptors (Lipinski definition) is 3. The van der Waals surface area contributed by atoms with E-state index in [0.29, 0.717) is 22.7 Å². The third-order valence-corrected chi connectivity index (χ3v) is 10.9. The average Bonchev–Trinajstić information content (AvgIpc) is 3.17. The lowest BCUT2D eigenvalue weighted by molar-refractivity contribution is 0.0318. The fourth-order valence-electron chi connectivity index (χ4n) is 8.13. The molecule has 0 aromatic carbocycles. The van der Waals surface area contributed by atoms with Crippen molar-refractivity contribution >= 4 is 0 Å². The Morgan fingerprint density at radius 2 is 1.62 bits per heavy atom.